The summed E-state index contributed by atoms with van der Waals surface area (Å²) in [5.41, 5.74) is 2.22. The summed E-state index contributed by atoms with van der Waals surface area (Å²) < 4.78 is 123. The lowest BCUT2D eigenvalue weighted by Crippen LogP contribution is -2.22. The molecule has 4 aliphatic heterocycles. The minimum absolute atomic E-state index is 0.0314. The largest absolute Gasteiger partial charge is 0.493 e. The number of hydrogen-bond acceptors (Lipinski definition) is 35. The molecule has 4 atom stereocenters. The highest BCUT2D eigenvalue weighted by atomic mass is 79.9. The van der Waals surface area contributed by atoms with Gasteiger partial charge in [-0.2, -0.15) is 0 Å². The molecule has 0 bridgehead atoms. The number of esters is 3. The van der Waals surface area contributed by atoms with Crippen molar-refractivity contribution in [3.8, 4) is 46.0 Å². The molecule has 1 N–H and O–H groups in total. The van der Waals surface area contributed by atoms with Gasteiger partial charge in [-0.25, -0.2) is 14.4 Å². The van der Waals surface area contributed by atoms with Crippen LogP contribution in [0, 0.1) is 40.5 Å². The van der Waals surface area contributed by atoms with Gasteiger partial charge in [-0.15, -0.1) is 0 Å². The predicted octanol–water partition coefficient (Wildman–Crippen LogP) is 12.5. The first-order valence-corrected chi connectivity index (χ1v) is 40.2. The number of carbonyl (C=O) groups is 3. The highest BCUT2D eigenvalue weighted by Crippen LogP contribution is 2.40. The van der Waals surface area contributed by atoms with E-state index in [1.807, 2.05) is 0 Å². The fourth-order valence-corrected chi connectivity index (χ4v) is 11.0. The van der Waals surface area contributed by atoms with Crippen molar-refractivity contribution in [3.05, 3.63) is 148 Å². The van der Waals surface area contributed by atoms with E-state index in [2.05, 4.69) is 45.1 Å². The molecule has 121 heavy (non-hydrogen) atoms. The molecule has 0 spiro atoms. The summed E-state index contributed by atoms with van der Waals surface area (Å²) in [5, 5.41) is 55.0. The lowest BCUT2D eigenvalue weighted by molar-refractivity contribution is -0.386. The first-order valence-electron chi connectivity index (χ1n) is 39.1. The third-order valence-corrected chi connectivity index (χ3v) is 17.3. The second-order valence-corrected chi connectivity index (χ2v) is 27.2. The van der Waals surface area contributed by atoms with Crippen LogP contribution in [0.2, 0.25) is 0 Å². The molecule has 4 aromatic carbocycles. The number of aliphatic hydroxyl groups excluding tert-OH is 1. The van der Waals surface area contributed by atoms with Crippen LogP contribution in [-0.2, 0) is 112 Å². The molecule has 39 nitrogen and oxygen atoms in total. The van der Waals surface area contributed by atoms with E-state index < -0.39 is 31.6 Å². The molecule has 4 aliphatic rings. The topological polar surface area (TPSA) is 456 Å². The number of hydrogen-bond donors (Lipinski definition) is 1. The summed E-state index contributed by atoms with van der Waals surface area (Å²) in [6.45, 7) is 20.8. The van der Waals surface area contributed by atoms with Gasteiger partial charge in [-0.1, -0.05) is 35.7 Å². The quantitative estimate of drug-likeness (QED) is 0.00816. The molecule has 4 saturated heterocycles. The van der Waals surface area contributed by atoms with E-state index in [-0.39, 0.29) is 177 Å². The van der Waals surface area contributed by atoms with Gasteiger partial charge in [0.25, 0.3) is 22.7 Å². The summed E-state index contributed by atoms with van der Waals surface area (Å²) in [6, 6.07) is 11.5. The lowest BCUT2D eigenvalue weighted by atomic mass is 10.1. The minimum Gasteiger partial charge on any atom is -0.493 e. The SMILES string of the molecule is C=C(C)C(=O)OCCOC.C=C(C)C(=O)OCCOCCOc1cc([N+](=O)[O-])c(COC2CCCCO2)cc1OC.C=C(C)C(=O)OCCOCCOc1cc([N+](=O)[O-])c(COC2CCCCO2)cc1OC.COc1cc(COC2CCCCO2)c([N+](=O)[O-])cc1OCCBr.COc1cc(COC2CCCCO2)c([N+](=O)[O-])cc1OCCOCCO. The van der Waals surface area contributed by atoms with Crippen molar-refractivity contribution in [2.75, 3.05) is 166 Å². The molecule has 40 heteroatoms. The number of nitro benzene ring substituents is 4. The van der Waals surface area contributed by atoms with Crippen molar-refractivity contribution in [1.82, 2.24) is 0 Å². The van der Waals surface area contributed by atoms with E-state index in [1.165, 1.54) is 64.8 Å². The number of benzene rings is 4. The molecule has 0 amide bonds. The summed E-state index contributed by atoms with van der Waals surface area (Å²) in [7, 11) is 7.42. The maximum atomic E-state index is 11.5. The zero-order valence-electron chi connectivity index (χ0n) is 70.0. The van der Waals surface area contributed by atoms with Gasteiger partial charge in [0.15, 0.2) is 71.2 Å². The van der Waals surface area contributed by atoms with Gasteiger partial charge in [0, 0.05) is 55.6 Å². The standard InChI is InChI=1S/2C21H29NO9.C17H25NO8.C15H20BrNO6.C7H12O3/c2*1-15(2)21(23)30-11-9-27-8-10-28-19-13-17(22(24)25)16(12-18(19)26-3)14-31-20-6-4-5-7-29-20;1-22-15-10-13(12-26-17-4-2-3-6-25-17)14(18(20)21)11-16(15)24-9-8-23-7-5-19;1-20-13-8-11(10-23-15-4-2-3-6-22-15)12(17(18)19)9-14(13)21-7-5-16;1-6(2)7(8)10-5-4-9-3/h2*12-13,20H,1,4-11,14H2,2-3H3;10-11,17,19H,2-9,12H2,1H3;8-9,15H,2-7,10H2,1H3;1,4-5H2,2-3H3. The van der Waals surface area contributed by atoms with E-state index in [9.17, 15) is 54.8 Å². The normalized spacial score (nSPS) is 15.9. The Balaban J connectivity index is 0.000000328. The second-order valence-electron chi connectivity index (χ2n) is 26.4. The van der Waals surface area contributed by atoms with Gasteiger partial charge in [-0.3, -0.25) is 40.5 Å². The van der Waals surface area contributed by atoms with Crippen LogP contribution in [0.3, 0.4) is 0 Å². The second kappa shape index (κ2) is 60.9. The van der Waals surface area contributed by atoms with E-state index in [0.717, 1.165) is 77.0 Å². The maximum Gasteiger partial charge on any atom is 0.333 e. The molecule has 4 unspecified atom stereocenters. The zero-order valence-corrected chi connectivity index (χ0v) is 71.6. The fourth-order valence-electron chi connectivity index (χ4n) is 10.8. The summed E-state index contributed by atoms with van der Waals surface area (Å²) in [4.78, 5) is 77.0. The van der Waals surface area contributed by atoms with Crippen LogP contribution in [-0.4, -0.2) is 234 Å². The smallest absolute Gasteiger partial charge is 0.333 e. The van der Waals surface area contributed by atoms with Gasteiger partial charge >= 0.3 is 17.9 Å². The van der Waals surface area contributed by atoms with Crippen molar-refractivity contribution >= 4 is 56.6 Å². The number of rotatable bonds is 49. The van der Waals surface area contributed by atoms with Crippen LogP contribution in [0.5, 0.6) is 46.0 Å². The fraction of sp³-hybridized carbons (Fsp3) is 0.593. The van der Waals surface area contributed by atoms with E-state index in [4.69, 9.17) is 105 Å². The molecule has 0 saturated carbocycles. The molecule has 4 heterocycles. The number of methoxy groups -OCH3 is 5. The average molecular weight is 1780 g/mol. The summed E-state index contributed by atoms with van der Waals surface area (Å²) in [5.74, 6) is 1.26. The van der Waals surface area contributed by atoms with Gasteiger partial charge in [0.1, 0.15) is 39.6 Å². The molecular weight excluding hydrogens is 1670 g/mol. The Morgan fingerprint density at radius 2 is 0.620 bits per heavy atom. The van der Waals surface area contributed by atoms with Crippen molar-refractivity contribution in [2.45, 2.75) is 149 Å². The van der Waals surface area contributed by atoms with Crippen molar-refractivity contribution in [1.29, 1.82) is 0 Å². The Morgan fingerprint density at radius 1 is 0.372 bits per heavy atom. The van der Waals surface area contributed by atoms with Gasteiger partial charge < -0.3 is 114 Å². The Morgan fingerprint density at radius 3 is 0.835 bits per heavy atom. The Hall–Kier alpha value is -9.53. The molecular formula is C81H115BrN4O35. The average Bonchev–Trinajstić information content (AvgIpc) is 0.835. The number of nitro groups is 4. The van der Waals surface area contributed by atoms with Crippen LogP contribution >= 0.6 is 15.9 Å². The highest BCUT2D eigenvalue weighted by Gasteiger charge is 2.28. The Labute approximate surface area is 711 Å². The van der Waals surface area contributed by atoms with Crippen LogP contribution in [0.1, 0.15) is 120 Å². The maximum absolute atomic E-state index is 11.5. The number of alkyl halides is 1. The van der Waals surface area contributed by atoms with Crippen LogP contribution in [0.25, 0.3) is 0 Å². The molecule has 4 aromatic rings. The van der Waals surface area contributed by atoms with Gasteiger partial charge in [0.2, 0.25) is 0 Å². The molecule has 676 valence electrons. The monoisotopic (exact) mass is 1780 g/mol. The third kappa shape index (κ3) is 40.8. The number of carbonyl (C=O) groups excluding carboxylic acids is 3. The highest BCUT2D eigenvalue weighted by molar-refractivity contribution is 9.09. The molecule has 8 rings (SSSR count). The molecule has 0 aromatic heterocycles. The van der Waals surface area contributed by atoms with Crippen molar-refractivity contribution in [3.63, 3.8) is 0 Å². The predicted molar refractivity (Wildman–Crippen MR) is 437 cm³/mol. The molecule has 4 fully saturated rings. The van der Waals surface area contributed by atoms with Gasteiger partial charge in [0.05, 0.1) is 181 Å². The Bertz CT molecular complexity index is 3700. The number of ether oxygens (including phenoxy) is 23. The van der Waals surface area contributed by atoms with Crippen LogP contribution in [0.4, 0.5) is 22.7 Å². The number of halogens is 1. The first kappa shape index (κ1) is 104. The van der Waals surface area contributed by atoms with E-state index in [1.54, 1.807) is 40.0 Å². The van der Waals surface area contributed by atoms with Crippen LogP contribution in [0.15, 0.2) is 85.0 Å². The minimum atomic E-state index is -0.487. The molecule has 0 aliphatic carbocycles. The van der Waals surface area contributed by atoms with E-state index in [0.29, 0.717) is 119 Å². The van der Waals surface area contributed by atoms with Crippen molar-refractivity contribution < 1.29 is 148 Å². The van der Waals surface area contributed by atoms with E-state index >= 15 is 0 Å². The molecule has 0 radical (unpaired) electrons. The Kier molecular flexibility index (Phi) is 52.2. The lowest BCUT2D eigenvalue weighted by Gasteiger charge is -2.22. The number of nitrogens with zero attached hydrogens (tertiary/aromatic N) is 4. The first-order chi connectivity index (χ1) is 58.3. The summed E-state index contributed by atoms with van der Waals surface area (Å²) >= 11 is 3.25. The van der Waals surface area contributed by atoms with Crippen LogP contribution < -0.4 is 37.9 Å². The van der Waals surface area contributed by atoms with Gasteiger partial charge in [-0.05, 0) is 122 Å². The zero-order chi connectivity index (χ0) is 88.7. The third-order valence-electron chi connectivity index (χ3n) is 17.0. The number of aliphatic hydroxyl groups is 1. The summed E-state index contributed by atoms with van der Waals surface area (Å²) in [6.07, 6.45) is 9.80. The van der Waals surface area contributed by atoms with Crippen molar-refractivity contribution in [2.24, 2.45) is 0 Å².